The summed E-state index contributed by atoms with van der Waals surface area (Å²) < 4.78 is 2.19. The van der Waals surface area contributed by atoms with Gasteiger partial charge < -0.3 is 9.47 Å². The molecular formula is C32H39N3O2. The fourth-order valence-electron chi connectivity index (χ4n) is 5.99. The number of anilines is 1. The number of para-hydroxylation sites is 2. The zero-order valence-corrected chi connectivity index (χ0v) is 22.2. The number of nitrogens with zero attached hydrogens (tertiary/aromatic N) is 3. The lowest BCUT2D eigenvalue weighted by Gasteiger charge is -2.39. The smallest absolute Gasteiger partial charge is 0.247 e. The Labute approximate surface area is 221 Å². The van der Waals surface area contributed by atoms with E-state index in [0.717, 1.165) is 41.9 Å². The zero-order valence-electron chi connectivity index (χ0n) is 22.2. The molecule has 1 aromatic heterocycles. The molecule has 0 spiro atoms. The van der Waals surface area contributed by atoms with Gasteiger partial charge in [0.2, 0.25) is 11.8 Å². The van der Waals surface area contributed by atoms with Crippen LogP contribution in [0.1, 0.15) is 81.2 Å². The first kappa shape index (κ1) is 25.3. The van der Waals surface area contributed by atoms with Crippen molar-refractivity contribution in [2.45, 2.75) is 71.3 Å². The van der Waals surface area contributed by atoms with Gasteiger partial charge in [-0.15, -0.1) is 0 Å². The van der Waals surface area contributed by atoms with Crippen LogP contribution in [0.25, 0.3) is 5.69 Å². The molecule has 1 aliphatic carbocycles. The number of carbonyl (C=O) groups is 2. The van der Waals surface area contributed by atoms with Gasteiger partial charge in [0.15, 0.2) is 0 Å². The number of aromatic nitrogens is 1. The largest absolute Gasteiger partial charge is 0.333 e. The van der Waals surface area contributed by atoms with Crippen LogP contribution >= 0.6 is 0 Å². The van der Waals surface area contributed by atoms with E-state index in [1.807, 2.05) is 34.1 Å². The van der Waals surface area contributed by atoms with E-state index in [9.17, 15) is 9.59 Å². The van der Waals surface area contributed by atoms with Crippen LogP contribution in [0.3, 0.4) is 0 Å². The van der Waals surface area contributed by atoms with Crippen LogP contribution in [0.2, 0.25) is 0 Å². The fourth-order valence-corrected chi connectivity index (χ4v) is 5.99. The van der Waals surface area contributed by atoms with Crippen molar-refractivity contribution >= 4 is 17.5 Å². The highest BCUT2D eigenvalue weighted by Crippen LogP contribution is 2.42. The molecule has 1 atom stereocenters. The van der Waals surface area contributed by atoms with E-state index in [-0.39, 0.29) is 24.4 Å². The SMILES string of the molecule is CCCCN(CC(=O)N1c2ccccc2-n2cccc2C1c1ccc(C)cc1)C(=O)CCC1CCCC1. The van der Waals surface area contributed by atoms with Gasteiger partial charge in [-0.25, -0.2) is 0 Å². The van der Waals surface area contributed by atoms with Crippen molar-refractivity contribution in [1.82, 2.24) is 9.47 Å². The first-order chi connectivity index (χ1) is 18.1. The maximum Gasteiger partial charge on any atom is 0.247 e. The first-order valence-electron chi connectivity index (χ1n) is 14.0. The summed E-state index contributed by atoms with van der Waals surface area (Å²) in [6.45, 7) is 4.95. The Kier molecular flexibility index (Phi) is 7.78. The Morgan fingerprint density at radius 3 is 2.41 bits per heavy atom. The maximum absolute atomic E-state index is 14.2. The normalized spacial score (nSPS) is 16.9. The molecule has 5 nitrogen and oxygen atoms in total. The number of hydrogen-bond acceptors (Lipinski definition) is 2. The molecule has 3 aromatic rings. The molecule has 1 unspecified atom stereocenters. The highest BCUT2D eigenvalue weighted by Gasteiger charge is 2.37. The average molecular weight is 498 g/mol. The Hall–Kier alpha value is -3.34. The number of amides is 2. The molecule has 2 aliphatic rings. The molecule has 0 N–H and O–H groups in total. The lowest BCUT2D eigenvalue weighted by atomic mass is 9.97. The van der Waals surface area contributed by atoms with Gasteiger partial charge in [-0.3, -0.25) is 14.5 Å². The molecule has 2 amide bonds. The molecule has 5 rings (SSSR count). The molecule has 0 radical (unpaired) electrons. The lowest BCUT2D eigenvalue weighted by Crippen LogP contribution is -2.47. The summed E-state index contributed by atoms with van der Waals surface area (Å²) in [5.41, 5.74) is 5.19. The standard InChI is InChI=1S/C32H39N3O2/c1-3-4-21-33(30(36)20-17-25-10-5-6-11-25)23-31(37)35-28-13-8-7-12-27(28)34-22-9-14-29(34)32(35)26-18-15-24(2)16-19-26/h7-9,12-16,18-19,22,25,32H,3-6,10-11,17,20-21,23H2,1-2H3. The summed E-state index contributed by atoms with van der Waals surface area (Å²) in [4.78, 5) is 31.3. The van der Waals surface area contributed by atoms with Gasteiger partial charge in [0.05, 0.1) is 17.1 Å². The number of benzene rings is 2. The van der Waals surface area contributed by atoms with Crippen LogP contribution in [0.15, 0.2) is 66.9 Å². The number of unbranched alkanes of at least 4 members (excludes halogenated alkanes) is 1. The third-order valence-electron chi connectivity index (χ3n) is 8.08. The summed E-state index contributed by atoms with van der Waals surface area (Å²) in [5, 5.41) is 0. The van der Waals surface area contributed by atoms with Crippen LogP contribution in [0, 0.1) is 12.8 Å². The minimum atomic E-state index is -0.250. The van der Waals surface area contributed by atoms with E-state index < -0.39 is 0 Å². The maximum atomic E-state index is 14.2. The van der Waals surface area contributed by atoms with Gasteiger partial charge in [0.25, 0.3) is 0 Å². The van der Waals surface area contributed by atoms with E-state index in [0.29, 0.717) is 18.9 Å². The van der Waals surface area contributed by atoms with Crippen molar-refractivity contribution in [2.24, 2.45) is 5.92 Å². The number of rotatable bonds is 9. The van der Waals surface area contributed by atoms with Crippen molar-refractivity contribution in [3.8, 4) is 5.69 Å². The van der Waals surface area contributed by atoms with Gasteiger partial charge in [-0.05, 0) is 55.5 Å². The molecule has 37 heavy (non-hydrogen) atoms. The van der Waals surface area contributed by atoms with Crippen molar-refractivity contribution < 1.29 is 9.59 Å². The van der Waals surface area contributed by atoms with E-state index in [2.05, 4.69) is 61.0 Å². The first-order valence-corrected chi connectivity index (χ1v) is 14.0. The van der Waals surface area contributed by atoms with Crippen molar-refractivity contribution in [3.63, 3.8) is 0 Å². The topological polar surface area (TPSA) is 45.6 Å². The van der Waals surface area contributed by atoms with E-state index >= 15 is 0 Å². The van der Waals surface area contributed by atoms with E-state index in [1.165, 1.54) is 31.2 Å². The highest BCUT2D eigenvalue weighted by molar-refractivity contribution is 6.00. The molecule has 1 fully saturated rings. The summed E-state index contributed by atoms with van der Waals surface area (Å²) in [6, 6.07) is 20.4. The number of carbonyl (C=O) groups excluding carboxylic acids is 2. The van der Waals surface area contributed by atoms with E-state index in [4.69, 9.17) is 0 Å². The van der Waals surface area contributed by atoms with Gasteiger partial charge in [-0.1, -0.05) is 81.0 Å². The van der Waals surface area contributed by atoms with Gasteiger partial charge in [-0.2, -0.15) is 0 Å². The predicted molar refractivity (Wildman–Crippen MR) is 149 cm³/mol. The van der Waals surface area contributed by atoms with Crippen molar-refractivity contribution in [2.75, 3.05) is 18.0 Å². The van der Waals surface area contributed by atoms with Crippen molar-refractivity contribution in [1.29, 1.82) is 0 Å². The summed E-state index contributed by atoms with van der Waals surface area (Å²) in [5.74, 6) is 0.755. The number of fused-ring (bicyclic) bond motifs is 3. The second-order valence-corrected chi connectivity index (χ2v) is 10.7. The number of aryl methyl sites for hydroxylation is 1. The molecule has 1 aliphatic heterocycles. The predicted octanol–water partition coefficient (Wildman–Crippen LogP) is 6.82. The molecule has 0 bridgehead atoms. The van der Waals surface area contributed by atoms with Crippen LogP contribution in [-0.2, 0) is 9.59 Å². The summed E-state index contributed by atoms with van der Waals surface area (Å²) >= 11 is 0. The quantitative estimate of drug-likeness (QED) is 0.326. The summed E-state index contributed by atoms with van der Waals surface area (Å²) in [7, 11) is 0. The van der Waals surface area contributed by atoms with Crippen LogP contribution in [0.4, 0.5) is 5.69 Å². The average Bonchev–Trinajstić information content (AvgIpc) is 3.62. The third kappa shape index (κ3) is 5.36. The molecule has 194 valence electrons. The van der Waals surface area contributed by atoms with E-state index in [1.54, 1.807) is 0 Å². The Balaban J connectivity index is 1.45. The van der Waals surface area contributed by atoms with Crippen LogP contribution < -0.4 is 4.90 Å². The lowest BCUT2D eigenvalue weighted by molar-refractivity contribution is -0.135. The summed E-state index contributed by atoms with van der Waals surface area (Å²) in [6.07, 6.45) is 10.5. The molecule has 5 heteroatoms. The monoisotopic (exact) mass is 497 g/mol. The van der Waals surface area contributed by atoms with Gasteiger partial charge in [0.1, 0.15) is 12.6 Å². The Bertz CT molecular complexity index is 1220. The second kappa shape index (κ2) is 11.4. The molecule has 2 aromatic carbocycles. The molecule has 1 saturated carbocycles. The molecule has 0 saturated heterocycles. The minimum absolute atomic E-state index is 0.0317. The van der Waals surface area contributed by atoms with Gasteiger partial charge in [0, 0.05) is 19.2 Å². The highest BCUT2D eigenvalue weighted by atomic mass is 16.2. The molecule has 2 heterocycles. The third-order valence-corrected chi connectivity index (χ3v) is 8.08. The van der Waals surface area contributed by atoms with Gasteiger partial charge >= 0.3 is 0 Å². The van der Waals surface area contributed by atoms with Crippen LogP contribution in [0.5, 0.6) is 0 Å². The second-order valence-electron chi connectivity index (χ2n) is 10.7. The van der Waals surface area contributed by atoms with Crippen molar-refractivity contribution in [3.05, 3.63) is 83.7 Å². The Morgan fingerprint density at radius 1 is 0.946 bits per heavy atom. The zero-order chi connectivity index (χ0) is 25.8. The van der Waals surface area contributed by atoms with Crippen LogP contribution in [-0.4, -0.2) is 34.4 Å². The minimum Gasteiger partial charge on any atom is -0.333 e. The number of hydrogen-bond donors (Lipinski definition) is 0. The Morgan fingerprint density at radius 2 is 1.68 bits per heavy atom. The fraction of sp³-hybridized carbons (Fsp3) is 0.438. The molecular weight excluding hydrogens is 458 g/mol.